The van der Waals surface area contributed by atoms with Gasteiger partial charge in [-0.25, -0.2) is 9.07 Å². The Morgan fingerprint density at radius 1 is 1.21 bits per heavy atom. The summed E-state index contributed by atoms with van der Waals surface area (Å²) in [5, 5.41) is 3.58. The maximum absolute atomic E-state index is 14.0. The molecule has 2 amide bonds. The van der Waals surface area contributed by atoms with Crippen LogP contribution in [0.3, 0.4) is 0 Å². The molecule has 1 aromatic carbocycles. The van der Waals surface area contributed by atoms with Crippen molar-refractivity contribution in [3.63, 3.8) is 0 Å². The Morgan fingerprint density at radius 3 is 2.48 bits per heavy atom. The van der Waals surface area contributed by atoms with Gasteiger partial charge in [-0.15, -0.1) is 0 Å². The minimum absolute atomic E-state index is 0.347. The number of aromatic nitrogens is 2. The van der Waals surface area contributed by atoms with Gasteiger partial charge in [0.15, 0.2) is 5.69 Å². The maximum atomic E-state index is 14.0. The van der Waals surface area contributed by atoms with Gasteiger partial charge in [0.1, 0.15) is 11.5 Å². The SMILES string of the molecule is CN(CC(=O)N1CCOCC1)C(=O)c1cnn(-c2ccccc2F)c1C(F)(F)F. The van der Waals surface area contributed by atoms with Gasteiger partial charge < -0.3 is 14.5 Å². The summed E-state index contributed by atoms with van der Waals surface area (Å²) in [6.45, 7) is 1.01. The number of ether oxygens (including phenoxy) is 1. The lowest BCUT2D eigenvalue weighted by atomic mass is 10.2. The highest BCUT2D eigenvalue weighted by atomic mass is 19.4. The van der Waals surface area contributed by atoms with Crippen LogP contribution in [-0.4, -0.2) is 71.3 Å². The Labute approximate surface area is 163 Å². The van der Waals surface area contributed by atoms with Crippen molar-refractivity contribution in [3.8, 4) is 5.69 Å². The van der Waals surface area contributed by atoms with E-state index in [0.29, 0.717) is 31.0 Å². The van der Waals surface area contributed by atoms with Crippen molar-refractivity contribution >= 4 is 11.8 Å². The van der Waals surface area contributed by atoms with Gasteiger partial charge in [-0.3, -0.25) is 9.59 Å². The summed E-state index contributed by atoms with van der Waals surface area (Å²) in [6, 6.07) is 4.80. The highest BCUT2D eigenvalue weighted by Gasteiger charge is 2.41. The molecule has 7 nitrogen and oxygen atoms in total. The first kappa shape index (κ1) is 20.8. The lowest BCUT2D eigenvalue weighted by molar-refractivity contribution is -0.143. The highest BCUT2D eigenvalue weighted by Crippen LogP contribution is 2.34. The lowest BCUT2D eigenvalue weighted by Gasteiger charge is -2.28. The molecule has 1 aromatic heterocycles. The number of alkyl halides is 3. The molecule has 0 aliphatic carbocycles. The fourth-order valence-electron chi connectivity index (χ4n) is 2.98. The van der Waals surface area contributed by atoms with Gasteiger partial charge >= 0.3 is 6.18 Å². The van der Waals surface area contributed by atoms with Crippen molar-refractivity contribution in [1.29, 1.82) is 0 Å². The fourth-order valence-corrected chi connectivity index (χ4v) is 2.98. The average molecular weight is 414 g/mol. The molecule has 1 fully saturated rings. The highest BCUT2D eigenvalue weighted by molar-refractivity contribution is 5.97. The second-order valence-electron chi connectivity index (χ2n) is 6.42. The van der Waals surface area contributed by atoms with Gasteiger partial charge in [0, 0.05) is 20.1 Å². The largest absolute Gasteiger partial charge is 0.434 e. The number of nitrogens with zero attached hydrogens (tertiary/aromatic N) is 4. The zero-order valence-electron chi connectivity index (χ0n) is 15.4. The second kappa shape index (κ2) is 8.19. The molecule has 0 saturated carbocycles. The summed E-state index contributed by atoms with van der Waals surface area (Å²) in [6.07, 6.45) is -4.24. The molecule has 29 heavy (non-hydrogen) atoms. The van der Waals surface area contributed by atoms with Crippen LogP contribution >= 0.6 is 0 Å². The Balaban J connectivity index is 1.88. The zero-order chi connectivity index (χ0) is 21.2. The predicted molar refractivity (Wildman–Crippen MR) is 92.9 cm³/mol. The number of benzene rings is 1. The van der Waals surface area contributed by atoms with E-state index in [4.69, 9.17) is 4.74 Å². The van der Waals surface area contributed by atoms with E-state index in [1.165, 1.54) is 24.1 Å². The number of para-hydroxylation sites is 1. The number of carbonyl (C=O) groups excluding carboxylic acids is 2. The number of hydrogen-bond acceptors (Lipinski definition) is 4. The molecular weight excluding hydrogens is 396 g/mol. The molecule has 156 valence electrons. The number of halogens is 4. The Bertz CT molecular complexity index is 907. The van der Waals surface area contributed by atoms with Crippen molar-refractivity contribution in [2.75, 3.05) is 39.9 Å². The normalized spacial score (nSPS) is 14.7. The third kappa shape index (κ3) is 4.39. The van der Waals surface area contributed by atoms with E-state index in [-0.39, 0.29) is 0 Å². The van der Waals surface area contributed by atoms with Crippen molar-refractivity contribution < 1.29 is 31.9 Å². The van der Waals surface area contributed by atoms with Crippen molar-refractivity contribution in [1.82, 2.24) is 19.6 Å². The average Bonchev–Trinajstić information content (AvgIpc) is 3.13. The molecule has 11 heteroatoms. The van der Waals surface area contributed by atoms with Gasteiger partial charge in [0.05, 0.1) is 31.5 Å². The van der Waals surface area contributed by atoms with Crippen LogP contribution in [0.5, 0.6) is 0 Å². The van der Waals surface area contributed by atoms with Crippen LogP contribution in [0.4, 0.5) is 17.6 Å². The lowest BCUT2D eigenvalue weighted by Crippen LogP contribution is -2.46. The maximum Gasteiger partial charge on any atom is 0.434 e. The van der Waals surface area contributed by atoms with Crippen molar-refractivity contribution in [2.45, 2.75) is 6.18 Å². The minimum atomic E-state index is -4.97. The number of hydrogen-bond donors (Lipinski definition) is 0. The van der Waals surface area contributed by atoms with Crippen LogP contribution in [0.25, 0.3) is 5.69 Å². The molecule has 0 radical (unpaired) electrons. The molecule has 1 aliphatic heterocycles. The molecule has 2 aromatic rings. The summed E-state index contributed by atoms with van der Waals surface area (Å²) in [7, 11) is 1.22. The molecular formula is C18H18F4N4O3. The Morgan fingerprint density at radius 2 is 1.86 bits per heavy atom. The predicted octanol–water partition coefficient (Wildman–Crippen LogP) is 1.96. The first-order chi connectivity index (χ1) is 13.7. The van der Waals surface area contributed by atoms with Gasteiger partial charge in [-0.05, 0) is 12.1 Å². The number of morpholine rings is 1. The van der Waals surface area contributed by atoms with Crippen LogP contribution < -0.4 is 0 Å². The Hall–Kier alpha value is -2.95. The molecule has 0 N–H and O–H groups in total. The van der Waals surface area contributed by atoms with Gasteiger partial charge in [-0.1, -0.05) is 12.1 Å². The van der Waals surface area contributed by atoms with Crippen LogP contribution in [0.1, 0.15) is 16.1 Å². The van der Waals surface area contributed by atoms with E-state index in [1.54, 1.807) is 0 Å². The smallest absolute Gasteiger partial charge is 0.378 e. The van der Waals surface area contributed by atoms with Crippen molar-refractivity contribution in [3.05, 3.63) is 47.5 Å². The summed E-state index contributed by atoms with van der Waals surface area (Å²) in [5.74, 6) is -2.36. The number of carbonyl (C=O) groups is 2. The van der Waals surface area contributed by atoms with Crippen LogP contribution in [0.15, 0.2) is 30.5 Å². The monoisotopic (exact) mass is 414 g/mol. The van der Waals surface area contributed by atoms with Crippen LogP contribution in [0.2, 0.25) is 0 Å². The van der Waals surface area contributed by atoms with Crippen molar-refractivity contribution in [2.24, 2.45) is 0 Å². The molecule has 3 rings (SSSR count). The van der Waals surface area contributed by atoms with Crippen LogP contribution in [0, 0.1) is 5.82 Å². The number of likely N-dealkylation sites (N-methyl/N-ethyl adjacent to an activating group) is 1. The molecule has 0 atom stereocenters. The first-order valence-corrected chi connectivity index (χ1v) is 8.71. The number of rotatable bonds is 4. The molecule has 0 spiro atoms. The summed E-state index contributed by atoms with van der Waals surface area (Å²) in [4.78, 5) is 27.3. The van der Waals surface area contributed by atoms with E-state index >= 15 is 0 Å². The molecule has 0 unspecified atom stereocenters. The van der Waals surface area contributed by atoms with Gasteiger partial charge in [0.25, 0.3) is 5.91 Å². The quantitative estimate of drug-likeness (QED) is 0.718. The summed E-state index contributed by atoms with van der Waals surface area (Å²) in [5.41, 5.74) is -2.61. The van der Waals surface area contributed by atoms with E-state index in [1.807, 2.05) is 0 Å². The first-order valence-electron chi connectivity index (χ1n) is 8.71. The van der Waals surface area contributed by atoms with E-state index < -0.39 is 47.3 Å². The van der Waals surface area contributed by atoms with E-state index in [0.717, 1.165) is 23.2 Å². The number of amides is 2. The fraction of sp³-hybridized carbons (Fsp3) is 0.389. The minimum Gasteiger partial charge on any atom is -0.378 e. The van der Waals surface area contributed by atoms with E-state index in [2.05, 4.69) is 5.10 Å². The van der Waals surface area contributed by atoms with E-state index in [9.17, 15) is 27.2 Å². The topological polar surface area (TPSA) is 67.7 Å². The molecule has 1 aliphatic rings. The summed E-state index contributed by atoms with van der Waals surface area (Å²) < 4.78 is 60.6. The third-order valence-electron chi connectivity index (χ3n) is 4.43. The summed E-state index contributed by atoms with van der Waals surface area (Å²) >= 11 is 0. The standard InChI is InChI=1S/C18H18F4N4O3/c1-24(11-15(27)25-6-8-29-9-7-25)17(28)12-10-23-26(16(12)18(20,21)22)14-5-3-2-4-13(14)19/h2-5,10H,6-9,11H2,1H3. The third-order valence-corrected chi connectivity index (χ3v) is 4.43. The van der Waals surface area contributed by atoms with Crippen LogP contribution in [-0.2, 0) is 15.7 Å². The molecule has 1 saturated heterocycles. The van der Waals surface area contributed by atoms with Gasteiger partial charge in [-0.2, -0.15) is 18.3 Å². The Kier molecular flexibility index (Phi) is 5.87. The molecule has 0 bridgehead atoms. The van der Waals surface area contributed by atoms with Gasteiger partial charge in [0.2, 0.25) is 5.91 Å². The zero-order valence-corrected chi connectivity index (χ0v) is 15.4. The second-order valence-corrected chi connectivity index (χ2v) is 6.42. The molecule has 2 heterocycles.